The minimum atomic E-state index is 0.201. The van der Waals surface area contributed by atoms with Crippen molar-refractivity contribution in [3.05, 3.63) is 59.3 Å². The number of benzene rings is 1. The van der Waals surface area contributed by atoms with Crippen molar-refractivity contribution in [2.24, 2.45) is 0 Å². The Morgan fingerprint density at radius 2 is 2.10 bits per heavy atom. The van der Waals surface area contributed by atoms with E-state index in [0.29, 0.717) is 0 Å². The SMILES string of the molecule is CCn1c(CN2CCCC2c2nc(C)cc(Nc3nccs3)n2)nc2ccccc21. The van der Waals surface area contributed by atoms with Crippen LogP contribution in [0, 0.1) is 6.92 Å². The molecule has 8 heteroatoms. The molecule has 1 atom stereocenters. The van der Waals surface area contributed by atoms with Gasteiger partial charge in [0.25, 0.3) is 0 Å². The van der Waals surface area contributed by atoms with Gasteiger partial charge in [-0.25, -0.2) is 19.9 Å². The second-order valence-corrected chi connectivity index (χ2v) is 8.50. The number of nitrogens with one attached hydrogen (secondary N) is 1. The highest BCUT2D eigenvalue weighted by molar-refractivity contribution is 7.13. The largest absolute Gasteiger partial charge is 0.327 e. The summed E-state index contributed by atoms with van der Waals surface area (Å²) >= 11 is 1.57. The molecule has 0 aliphatic carbocycles. The van der Waals surface area contributed by atoms with Crippen molar-refractivity contribution in [1.29, 1.82) is 0 Å². The van der Waals surface area contributed by atoms with Crippen molar-refractivity contribution in [3.63, 3.8) is 0 Å². The molecular formula is C22H25N7S. The van der Waals surface area contributed by atoms with Gasteiger partial charge in [0.15, 0.2) is 5.13 Å². The number of fused-ring (bicyclic) bond motifs is 1. The first kappa shape index (κ1) is 19.1. The van der Waals surface area contributed by atoms with Gasteiger partial charge in [0.2, 0.25) is 0 Å². The van der Waals surface area contributed by atoms with E-state index in [9.17, 15) is 0 Å². The molecule has 7 nitrogen and oxygen atoms in total. The molecule has 1 saturated heterocycles. The molecule has 4 heterocycles. The Morgan fingerprint density at radius 1 is 1.20 bits per heavy atom. The molecule has 1 aliphatic heterocycles. The van der Waals surface area contributed by atoms with E-state index in [1.54, 1.807) is 17.5 Å². The van der Waals surface area contributed by atoms with Crippen molar-refractivity contribution in [3.8, 4) is 0 Å². The lowest BCUT2D eigenvalue weighted by molar-refractivity contribution is 0.231. The molecule has 30 heavy (non-hydrogen) atoms. The molecule has 0 bridgehead atoms. The van der Waals surface area contributed by atoms with Crippen molar-refractivity contribution in [2.45, 2.75) is 45.8 Å². The number of aryl methyl sites for hydroxylation is 2. The van der Waals surface area contributed by atoms with Crippen LogP contribution in [0.15, 0.2) is 41.9 Å². The number of imidazole rings is 1. The third kappa shape index (κ3) is 3.68. The monoisotopic (exact) mass is 419 g/mol. The van der Waals surface area contributed by atoms with Crippen LogP contribution >= 0.6 is 11.3 Å². The minimum absolute atomic E-state index is 0.201. The second-order valence-electron chi connectivity index (χ2n) is 7.60. The highest BCUT2D eigenvalue weighted by atomic mass is 32.1. The van der Waals surface area contributed by atoms with Gasteiger partial charge in [0, 0.05) is 29.9 Å². The minimum Gasteiger partial charge on any atom is -0.327 e. The van der Waals surface area contributed by atoms with Crippen LogP contribution in [0.3, 0.4) is 0 Å². The average Bonchev–Trinajstić information content (AvgIpc) is 3.47. The Bertz CT molecular complexity index is 1150. The fourth-order valence-corrected chi connectivity index (χ4v) is 4.82. The maximum Gasteiger partial charge on any atom is 0.188 e. The lowest BCUT2D eigenvalue weighted by Gasteiger charge is -2.24. The topological polar surface area (TPSA) is 71.8 Å². The zero-order valence-corrected chi connectivity index (χ0v) is 18.1. The van der Waals surface area contributed by atoms with Crippen LogP contribution in [0.25, 0.3) is 11.0 Å². The van der Waals surface area contributed by atoms with Crippen molar-refractivity contribution in [2.75, 3.05) is 11.9 Å². The number of hydrogen-bond acceptors (Lipinski definition) is 7. The van der Waals surface area contributed by atoms with Crippen LogP contribution in [0.4, 0.5) is 10.9 Å². The van der Waals surface area contributed by atoms with Crippen molar-refractivity contribution in [1.82, 2.24) is 29.4 Å². The van der Waals surface area contributed by atoms with Crippen molar-refractivity contribution < 1.29 is 0 Å². The number of hydrogen-bond donors (Lipinski definition) is 1. The Labute approximate surface area is 179 Å². The van der Waals surface area contributed by atoms with Gasteiger partial charge in [-0.1, -0.05) is 12.1 Å². The van der Waals surface area contributed by atoms with Gasteiger partial charge < -0.3 is 9.88 Å². The molecule has 4 aromatic rings. The standard InChI is InChI=1S/C22H25N7S/c1-3-29-17-8-5-4-7-16(17)25-20(29)14-28-11-6-9-18(28)21-24-15(2)13-19(26-21)27-22-23-10-12-30-22/h4-5,7-8,10,12-13,18H,3,6,9,11,14H2,1-2H3,(H,23,24,26,27). The number of aromatic nitrogens is 5. The van der Waals surface area contributed by atoms with E-state index >= 15 is 0 Å². The first-order chi connectivity index (χ1) is 14.7. The zero-order chi connectivity index (χ0) is 20.5. The molecule has 0 spiro atoms. The lowest BCUT2D eigenvalue weighted by atomic mass is 10.2. The number of likely N-dealkylation sites (tertiary alicyclic amines) is 1. The maximum atomic E-state index is 4.92. The molecule has 1 aromatic carbocycles. The van der Waals surface area contributed by atoms with Gasteiger partial charge in [0.1, 0.15) is 17.5 Å². The van der Waals surface area contributed by atoms with Crippen LogP contribution < -0.4 is 5.32 Å². The first-order valence-corrected chi connectivity index (χ1v) is 11.3. The summed E-state index contributed by atoms with van der Waals surface area (Å²) in [6.45, 7) is 6.95. The van der Waals surface area contributed by atoms with Crippen LogP contribution in [-0.4, -0.2) is 35.9 Å². The summed E-state index contributed by atoms with van der Waals surface area (Å²) in [7, 11) is 0. The first-order valence-electron chi connectivity index (χ1n) is 10.4. The summed E-state index contributed by atoms with van der Waals surface area (Å²) in [6, 6.07) is 10.5. The predicted octanol–water partition coefficient (Wildman–Crippen LogP) is 4.69. The fraction of sp³-hybridized carbons (Fsp3) is 0.364. The van der Waals surface area contributed by atoms with Gasteiger partial charge in [-0.2, -0.15) is 0 Å². The van der Waals surface area contributed by atoms with Crippen molar-refractivity contribution >= 4 is 33.3 Å². The molecule has 3 aromatic heterocycles. The van der Waals surface area contributed by atoms with Crippen LogP contribution in [0.2, 0.25) is 0 Å². The summed E-state index contributed by atoms with van der Waals surface area (Å²) in [5, 5.41) is 6.11. The molecule has 1 aliphatic rings. The molecule has 1 unspecified atom stereocenters. The molecule has 0 radical (unpaired) electrons. The zero-order valence-electron chi connectivity index (χ0n) is 17.2. The van der Waals surface area contributed by atoms with Gasteiger partial charge in [-0.3, -0.25) is 4.90 Å². The number of thiazole rings is 1. The summed E-state index contributed by atoms with van der Waals surface area (Å²) in [5.41, 5.74) is 3.23. The summed E-state index contributed by atoms with van der Waals surface area (Å²) < 4.78 is 2.32. The van der Waals surface area contributed by atoms with E-state index in [4.69, 9.17) is 15.0 Å². The molecule has 154 valence electrons. The summed E-state index contributed by atoms with van der Waals surface area (Å²) in [5.74, 6) is 2.80. The Balaban J connectivity index is 1.42. The van der Waals surface area contributed by atoms with E-state index < -0.39 is 0 Å². The Morgan fingerprint density at radius 3 is 2.93 bits per heavy atom. The van der Waals surface area contributed by atoms with Gasteiger partial charge >= 0.3 is 0 Å². The number of para-hydroxylation sites is 2. The smallest absolute Gasteiger partial charge is 0.188 e. The number of rotatable bonds is 6. The third-order valence-electron chi connectivity index (χ3n) is 5.59. The highest BCUT2D eigenvalue weighted by Crippen LogP contribution is 2.33. The van der Waals surface area contributed by atoms with E-state index in [1.165, 1.54) is 5.52 Å². The lowest BCUT2D eigenvalue weighted by Crippen LogP contribution is -2.26. The predicted molar refractivity (Wildman–Crippen MR) is 120 cm³/mol. The molecule has 0 amide bonds. The van der Waals surface area contributed by atoms with E-state index in [0.717, 1.165) is 66.3 Å². The maximum absolute atomic E-state index is 4.92. The highest BCUT2D eigenvalue weighted by Gasteiger charge is 2.30. The van der Waals surface area contributed by atoms with Gasteiger partial charge in [0.05, 0.1) is 23.6 Å². The summed E-state index contributed by atoms with van der Waals surface area (Å²) in [4.78, 5) is 21.3. The van der Waals surface area contributed by atoms with Crippen LogP contribution in [0.1, 0.15) is 43.1 Å². The third-order valence-corrected chi connectivity index (χ3v) is 6.28. The summed E-state index contributed by atoms with van der Waals surface area (Å²) in [6.07, 6.45) is 4.00. The average molecular weight is 420 g/mol. The van der Waals surface area contributed by atoms with Gasteiger partial charge in [-0.15, -0.1) is 11.3 Å². The van der Waals surface area contributed by atoms with E-state index in [1.807, 2.05) is 18.4 Å². The number of nitrogens with zero attached hydrogens (tertiary/aromatic N) is 6. The Hall–Kier alpha value is -2.84. The quantitative estimate of drug-likeness (QED) is 0.489. The normalized spacial score (nSPS) is 17.1. The molecule has 1 N–H and O–H groups in total. The number of anilines is 2. The van der Waals surface area contributed by atoms with Crippen LogP contribution in [-0.2, 0) is 13.1 Å². The fourth-order valence-electron chi connectivity index (χ4n) is 4.29. The van der Waals surface area contributed by atoms with Gasteiger partial charge in [-0.05, 0) is 45.4 Å². The molecular weight excluding hydrogens is 394 g/mol. The van der Waals surface area contributed by atoms with E-state index in [-0.39, 0.29) is 6.04 Å². The molecule has 1 fully saturated rings. The molecule has 0 saturated carbocycles. The van der Waals surface area contributed by atoms with E-state index in [2.05, 4.69) is 51.0 Å². The molecule has 5 rings (SSSR count). The second kappa shape index (κ2) is 8.12. The van der Waals surface area contributed by atoms with Crippen LogP contribution in [0.5, 0.6) is 0 Å². The Kier molecular flexibility index (Phi) is 5.18.